The van der Waals surface area contributed by atoms with Crippen molar-refractivity contribution < 1.29 is 19.1 Å². The highest BCUT2D eigenvalue weighted by atomic mass is 32.1. The van der Waals surface area contributed by atoms with Gasteiger partial charge in [0.15, 0.2) is 5.11 Å². The maximum Gasteiger partial charge on any atom is 0.340 e. The van der Waals surface area contributed by atoms with Crippen LogP contribution in [0.1, 0.15) is 45.2 Å². The van der Waals surface area contributed by atoms with Gasteiger partial charge in [0.25, 0.3) is 5.91 Å². The number of anilines is 2. The fourth-order valence-corrected chi connectivity index (χ4v) is 3.78. The van der Waals surface area contributed by atoms with Crippen LogP contribution in [0, 0.1) is 13.8 Å². The van der Waals surface area contributed by atoms with E-state index in [1.54, 1.807) is 6.07 Å². The summed E-state index contributed by atoms with van der Waals surface area (Å²) in [7, 11) is 0. The molecule has 0 saturated carbocycles. The number of esters is 1. The molecule has 1 saturated heterocycles. The number of carbonyl (C=O) groups excluding carboxylic acids is 2. The van der Waals surface area contributed by atoms with Gasteiger partial charge in [-0.1, -0.05) is 24.1 Å². The van der Waals surface area contributed by atoms with Crippen molar-refractivity contribution in [3.05, 3.63) is 58.7 Å². The minimum absolute atomic E-state index is 0.154. The number of hydrogen-bond acceptors (Lipinski definition) is 6. The van der Waals surface area contributed by atoms with Gasteiger partial charge in [0, 0.05) is 24.3 Å². The third-order valence-electron chi connectivity index (χ3n) is 4.97. The number of benzene rings is 2. The van der Waals surface area contributed by atoms with Gasteiger partial charge < -0.3 is 19.7 Å². The standard InChI is InChI=1S/C24H29N3O4S/c1-4-9-31-23(29)20-15-19(5-6-21(20)27-7-10-30-11-8-27)25-24(32)26-22(28)18-13-16(2)12-17(3)14-18/h5-6,12-15H,4,7-11H2,1-3H3,(H2,25,26,28,32). The lowest BCUT2D eigenvalue weighted by atomic mass is 10.1. The third-order valence-corrected chi connectivity index (χ3v) is 5.18. The van der Waals surface area contributed by atoms with Gasteiger partial charge >= 0.3 is 5.97 Å². The summed E-state index contributed by atoms with van der Waals surface area (Å²) in [5, 5.41) is 5.85. The topological polar surface area (TPSA) is 79.9 Å². The highest BCUT2D eigenvalue weighted by Gasteiger charge is 2.21. The van der Waals surface area contributed by atoms with Gasteiger partial charge in [-0.05, 0) is 62.8 Å². The summed E-state index contributed by atoms with van der Waals surface area (Å²) in [5.41, 5.74) is 4.39. The molecule has 1 fully saturated rings. The van der Waals surface area contributed by atoms with E-state index in [9.17, 15) is 9.59 Å². The molecule has 7 nitrogen and oxygen atoms in total. The van der Waals surface area contributed by atoms with Crippen LogP contribution in [-0.4, -0.2) is 49.9 Å². The maximum absolute atomic E-state index is 12.7. The number of rotatable bonds is 6. The molecule has 32 heavy (non-hydrogen) atoms. The van der Waals surface area contributed by atoms with Gasteiger partial charge in [0.2, 0.25) is 0 Å². The largest absolute Gasteiger partial charge is 0.462 e. The second kappa shape index (κ2) is 11.1. The molecule has 1 heterocycles. The van der Waals surface area contributed by atoms with Crippen LogP contribution in [-0.2, 0) is 9.47 Å². The SMILES string of the molecule is CCCOC(=O)c1cc(NC(=S)NC(=O)c2cc(C)cc(C)c2)ccc1N1CCOCC1. The van der Waals surface area contributed by atoms with Gasteiger partial charge in [-0.3, -0.25) is 10.1 Å². The number of carbonyl (C=O) groups is 2. The van der Waals surface area contributed by atoms with Crippen LogP contribution in [0.2, 0.25) is 0 Å². The Morgan fingerprint density at radius 2 is 1.78 bits per heavy atom. The van der Waals surface area contributed by atoms with Crippen LogP contribution in [0.15, 0.2) is 36.4 Å². The average molecular weight is 456 g/mol. The van der Waals surface area contributed by atoms with Crippen molar-refractivity contribution in [2.75, 3.05) is 43.1 Å². The average Bonchev–Trinajstić information content (AvgIpc) is 2.77. The first-order valence-corrected chi connectivity index (χ1v) is 11.1. The predicted molar refractivity (Wildman–Crippen MR) is 130 cm³/mol. The maximum atomic E-state index is 12.7. The second-order valence-corrected chi connectivity index (χ2v) is 8.16. The lowest BCUT2D eigenvalue weighted by Crippen LogP contribution is -2.37. The number of ether oxygens (including phenoxy) is 2. The lowest BCUT2D eigenvalue weighted by molar-refractivity contribution is 0.0505. The number of hydrogen-bond donors (Lipinski definition) is 2. The Kier molecular flexibility index (Phi) is 8.19. The van der Waals surface area contributed by atoms with E-state index in [0.717, 1.165) is 23.2 Å². The molecule has 8 heteroatoms. The summed E-state index contributed by atoms with van der Waals surface area (Å²) in [6, 6.07) is 11.0. The molecule has 2 aromatic rings. The Morgan fingerprint density at radius 1 is 1.09 bits per heavy atom. The molecule has 1 aliphatic rings. The highest BCUT2D eigenvalue weighted by Crippen LogP contribution is 2.26. The Bertz CT molecular complexity index is 982. The van der Waals surface area contributed by atoms with E-state index >= 15 is 0 Å². The van der Waals surface area contributed by atoms with E-state index in [4.69, 9.17) is 21.7 Å². The first kappa shape index (κ1) is 23.7. The van der Waals surface area contributed by atoms with Gasteiger partial charge in [0.1, 0.15) is 0 Å². The molecule has 170 valence electrons. The number of amides is 1. The monoisotopic (exact) mass is 455 g/mol. The Morgan fingerprint density at radius 3 is 2.44 bits per heavy atom. The zero-order chi connectivity index (χ0) is 23.1. The molecule has 0 spiro atoms. The fourth-order valence-electron chi connectivity index (χ4n) is 3.57. The molecule has 3 rings (SSSR count). The van der Waals surface area contributed by atoms with Gasteiger partial charge in [-0.2, -0.15) is 0 Å². The third kappa shape index (κ3) is 6.27. The molecule has 1 aliphatic heterocycles. The van der Waals surface area contributed by atoms with E-state index in [-0.39, 0.29) is 17.0 Å². The second-order valence-electron chi connectivity index (χ2n) is 7.75. The van der Waals surface area contributed by atoms with Crippen LogP contribution in [0.25, 0.3) is 0 Å². The Hall–Kier alpha value is -2.97. The van der Waals surface area contributed by atoms with Crippen molar-refractivity contribution in [3.63, 3.8) is 0 Å². The van der Waals surface area contributed by atoms with Crippen LogP contribution < -0.4 is 15.5 Å². The fraction of sp³-hybridized carbons (Fsp3) is 0.375. The Balaban J connectivity index is 1.75. The number of morpholine rings is 1. The van der Waals surface area contributed by atoms with Gasteiger partial charge in [-0.25, -0.2) is 4.79 Å². The van der Waals surface area contributed by atoms with E-state index in [1.807, 2.05) is 51.1 Å². The number of aryl methyl sites for hydroxylation is 2. The van der Waals surface area contributed by atoms with Crippen LogP contribution >= 0.6 is 12.2 Å². The zero-order valence-corrected chi connectivity index (χ0v) is 19.5. The summed E-state index contributed by atoms with van der Waals surface area (Å²) in [4.78, 5) is 27.4. The molecule has 0 aliphatic carbocycles. The number of thiocarbonyl (C=S) groups is 1. The Labute approximate surface area is 194 Å². The van der Waals surface area contributed by atoms with Crippen LogP contribution in [0.4, 0.5) is 11.4 Å². The highest BCUT2D eigenvalue weighted by molar-refractivity contribution is 7.80. The van der Waals surface area contributed by atoms with E-state index in [0.29, 0.717) is 49.7 Å². The van der Waals surface area contributed by atoms with Crippen molar-refractivity contribution in [3.8, 4) is 0 Å². The van der Waals surface area contributed by atoms with Crippen molar-refractivity contribution in [1.82, 2.24) is 5.32 Å². The van der Waals surface area contributed by atoms with Gasteiger partial charge in [-0.15, -0.1) is 0 Å². The van der Waals surface area contributed by atoms with Crippen molar-refractivity contribution >= 4 is 40.6 Å². The number of nitrogens with zero attached hydrogens (tertiary/aromatic N) is 1. The molecule has 1 amide bonds. The van der Waals surface area contributed by atoms with E-state index < -0.39 is 0 Å². The van der Waals surface area contributed by atoms with Crippen molar-refractivity contribution in [2.45, 2.75) is 27.2 Å². The zero-order valence-electron chi connectivity index (χ0n) is 18.7. The van der Waals surface area contributed by atoms with Crippen molar-refractivity contribution in [2.24, 2.45) is 0 Å². The van der Waals surface area contributed by atoms with Gasteiger partial charge in [0.05, 0.1) is 31.1 Å². The quantitative estimate of drug-likeness (QED) is 0.506. The normalized spacial score (nSPS) is 13.4. The molecule has 0 unspecified atom stereocenters. The molecular formula is C24H29N3O4S. The molecule has 2 aromatic carbocycles. The predicted octanol–water partition coefficient (Wildman–Crippen LogP) is 3.83. The minimum atomic E-state index is -0.387. The first-order valence-electron chi connectivity index (χ1n) is 10.7. The summed E-state index contributed by atoms with van der Waals surface area (Å²) in [5.74, 6) is -0.677. The number of nitrogens with one attached hydrogen (secondary N) is 2. The summed E-state index contributed by atoms with van der Waals surface area (Å²) in [6.07, 6.45) is 0.741. The summed E-state index contributed by atoms with van der Waals surface area (Å²) < 4.78 is 10.8. The summed E-state index contributed by atoms with van der Waals surface area (Å²) in [6.45, 7) is 8.80. The smallest absolute Gasteiger partial charge is 0.340 e. The molecule has 2 N–H and O–H groups in total. The molecule has 0 bridgehead atoms. The molecular weight excluding hydrogens is 426 g/mol. The van der Waals surface area contributed by atoms with E-state index in [1.165, 1.54) is 0 Å². The minimum Gasteiger partial charge on any atom is -0.462 e. The molecule has 0 radical (unpaired) electrons. The first-order chi connectivity index (χ1) is 15.4. The molecule has 0 atom stereocenters. The summed E-state index contributed by atoms with van der Waals surface area (Å²) >= 11 is 5.33. The molecule has 0 aromatic heterocycles. The van der Waals surface area contributed by atoms with Crippen molar-refractivity contribution in [1.29, 1.82) is 0 Å². The lowest BCUT2D eigenvalue weighted by Gasteiger charge is -2.30. The van der Waals surface area contributed by atoms with Crippen LogP contribution in [0.3, 0.4) is 0 Å². The van der Waals surface area contributed by atoms with Crippen LogP contribution in [0.5, 0.6) is 0 Å². The van der Waals surface area contributed by atoms with E-state index in [2.05, 4.69) is 15.5 Å².